The van der Waals surface area contributed by atoms with Crippen molar-refractivity contribution < 1.29 is 19.4 Å². The van der Waals surface area contributed by atoms with E-state index in [9.17, 15) is 4.79 Å². The molecule has 0 saturated carbocycles. The number of aromatic nitrogens is 1. The predicted octanol–water partition coefficient (Wildman–Crippen LogP) is 2.43. The Bertz CT molecular complexity index is 554. The molecule has 1 unspecified atom stereocenters. The van der Waals surface area contributed by atoms with Gasteiger partial charge in [0.05, 0.1) is 5.69 Å². The van der Waals surface area contributed by atoms with Crippen LogP contribution in [0.2, 0.25) is 0 Å². The molecule has 2 aromatic rings. The van der Waals surface area contributed by atoms with Crippen LogP contribution in [0, 0.1) is 0 Å². The van der Waals surface area contributed by atoms with Crippen LogP contribution in [0.1, 0.15) is 17.4 Å². The summed E-state index contributed by atoms with van der Waals surface area (Å²) in [6.45, 7) is 0.368. The van der Waals surface area contributed by atoms with Gasteiger partial charge in [0, 0.05) is 13.3 Å². The molecule has 0 aliphatic rings. The maximum absolute atomic E-state index is 11.0. The van der Waals surface area contributed by atoms with Crippen molar-refractivity contribution in [3.63, 3.8) is 0 Å². The molecule has 20 heavy (non-hydrogen) atoms. The number of nitrogens with zero attached hydrogens (tertiary/aromatic N) is 1. The Morgan fingerprint density at radius 2 is 2.00 bits per heavy atom. The number of rotatable bonds is 6. The van der Waals surface area contributed by atoms with Crippen molar-refractivity contribution in [2.75, 3.05) is 7.11 Å². The molecule has 2 rings (SSSR count). The van der Waals surface area contributed by atoms with E-state index >= 15 is 0 Å². The second-order valence-corrected chi connectivity index (χ2v) is 4.13. The molecule has 0 saturated heterocycles. The Labute approximate surface area is 116 Å². The fourth-order valence-corrected chi connectivity index (χ4v) is 1.76. The molecule has 0 spiro atoms. The molecule has 5 heteroatoms. The van der Waals surface area contributed by atoms with Crippen LogP contribution in [0.15, 0.2) is 48.7 Å². The molecule has 1 aromatic carbocycles. The highest BCUT2D eigenvalue weighted by molar-refractivity contribution is 5.74. The Morgan fingerprint density at radius 3 is 2.55 bits per heavy atom. The largest absolute Gasteiger partial charge is 0.487 e. The van der Waals surface area contributed by atoms with E-state index in [0.29, 0.717) is 17.9 Å². The first kappa shape index (κ1) is 14.0. The van der Waals surface area contributed by atoms with Gasteiger partial charge in [-0.2, -0.15) is 0 Å². The normalized spacial score (nSPS) is 11.8. The lowest BCUT2D eigenvalue weighted by Crippen LogP contribution is -2.13. The van der Waals surface area contributed by atoms with Crippen LogP contribution in [0.5, 0.6) is 5.75 Å². The molecule has 0 radical (unpaired) electrons. The lowest BCUT2D eigenvalue weighted by atomic mass is 10.1. The Balaban J connectivity index is 2.00. The SMILES string of the molecule is COC(C(=O)O)c1ccc(OCc2ccccn2)cc1. The zero-order valence-corrected chi connectivity index (χ0v) is 11.0. The standard InChI is InChI=1S/C15H15NO4/c1-19-14(15(17)18)11-5-7-13(8-6-11)20-10-12-4-2-3-9-16-12/h2-9,14H,10H2,1H3,(H,17,18). The minimum absolute atomic E-state index is 0.368. The monoisotopic (exact) mass is 273 g/mol. The first-order valence-electron chi connectivity index (χ1n) is 6.09. The van der Waals surface area contributed by atoms with E-state index in [-0.39, 0.29) is 0 Å². The summed E-state index contributed by atoms with van der Waals surface area (Å²) in [6.07, 6.45) is 0.748. The number of hydrogen-bond acceptors (Lipinski definition) is 4. The molecule has 104 valence electrons. The van der Waals surface area contributed by atoms with Crippen molar-refractivity contribution in [2.24, 2.45) is 0 Å². The Kier molecular flexibility index (Phi) is 4.68. The highest BCUT2D eigenvalue weighted by Gasteiger charge is 2.18. The molecule has 1 N–H and O–H groups in total. The Morgan fingerprint density at radius 1 is 1.25 bits per heavy atom. The van der Waals surface area contributed by atoms with Crippen LogP contribution < -0.4 is 4.74 Å². The molecule has 0 aliphatic carbocycles. The molecule has 1 aromatic heterocycles. The van der Waals surface area contributed by atoms with Gasteiger partial charge in [0.15, 0.2) is 6.10 Å². The van der Waals surface area contributed by atoms with Crippen molar-refractivity contribution >= 4 is 5.97 Å². The van der Waals surface area contributed by atoms with Crippen LogP contribution in [0.3, 0.4) is 0 Å². The van der Waals surface area contributed by atoms with E-state index in [1.165, 1.54) is 7.11 Å². The zero-order valence-electron chi connectivity index (χ0n) is 11.0. The fourth-order valence-electron chi connectivity index (χ4n) is 1.76. The third kappa shape index (κ3) is 3.55. The molecule has 1 heterocycles. The number of ether oxygens (including phenoxy) is 2. The molecule has 0 fully saturated rings. The number of pyridine rings is 1. The van der Waals surface area contributed by atoms with E-state index in [4.69, 9.17) is 14.6 Å². The van der Waals surface area contributed by atoms with Gasteiger partial charge < -0.3 is 14.6 Å². The number of carboxylic acids is 1. The summed E-state index contributed by atoms with van der Waals surface area (Å²) in [6, 6.07) is 12.4. The van der Waals surface area contributed by atoms with Gasteiger partial charge in [0.2, 0.25) is 0 Å². The molecule has 1 atom stereocenters. The van der Waals surface area contributed by atoms with E-state index in [1.54, 1.807) is 30.5 Å². The van der Waals surface area contributed by atoms with E-state index in [2.05, 4.69) is 4.98 Å². The van der Waals surface area contributed by atoms with Gasteiger partial charge in [-0.3, -0.25) is 4.98 Å². The second kappa shape index (κ2) is 6.68. The lowest BCUT2D eigenvalue weighted by Gasteiger charge is -2.11. The molecular weight excluding hydrogens is 258 g/mol. The van der Waals surface area contributed by atoms with Crippen LogP contribution in [0.4, 0.5) is 0 Å². The summed E-state index contributed by atoms with van der Waals surface area (Å²) in [5.41, 5.74) is 1.40. The zero-order chi connectivity index (χ0) is 14.4. The summed E-state index contributed by atoms with van der Waals surface area (Å²) >= 11 is 0. The summed E-state index contributed by atoms with van der Waals surface area (Å²) < 4.78 is 10.5. The van der Waals surface area contributed by atoms with Crippen molar-refractivity contribution in [3.8, 4) is 5.75 Å². The van der Waals surface area contributed by atoms with E-state index < -0.39 is 12.1 Å². The van der Waals surface area contributed by atoms with Gasteiger partial charge in [-0.1, -0.05) is 18.2 Å². The van der Waals surface area contributed by atoms with Crippen molar-refractivity contribution in [1.29, 1.82) is 0 Å². The Hall–Kier alpha value is -2.40. The molecular formula is C15H15NO4. The average molecular weight is 273 g/mol. The maximum Gasteiger partial charge on any atom is 0.337 e. The molecule has 0 amide bonds. The van der Waals surface area contributed by atoms with Gasteiger partial charge in [-0.25, -0.2) is 4.79 Å². The highest BCUT2D eigenvalue weighted by atomic mass is 16.5. The topological polar surface area (TPSA) is 68.7 Å². The average Bonchev–Trinajstić information content (AvgIpc) is 2.48. The van der Waals surface area contributed by atoms with Gasteiger partial charge in [0.1, 0.15) is 12.4 Å². The number of benzene rings is 1. The molecule has 0 bridgehead atoms. The van der Waals surface area contributed by atoms with Gasteiger partial charge in [-0.15, -0.1) is 0 Å². The first-order valence-corrected chi connectivity index (χ1v) is 6.09. The van der Waals surface area contributed by atoms with Crippen LogP contribution >= 0.6 is 0 Å². The lowest BCUT2D eigenvalue weighted by molar-refractivity contribution is -0.148. The van der Waals surface area contributed by atoms with Crippen molar-refractivity contribution in [1.82, 2.24) is 4.98 Å². The number of hydrogen-bond donors (Lipinski definition) is 1. The van der Waals surface area contributed by atoms with E-state index in [1.807, 2.05) is 18.2 Å². The number of carboxylic acid groups (broad SMARTS) is 1. The highest BCUT2D eigenvalue weighted by Crippen LogP contribution is 2.21. The van der Waals surface area contributed by atoms with Crippen LogP contribution in [-0.4, -0.2) is 23.2 Å². The maximum atomic E-state index is 11.0. The smallest absolute Gasteiger partial charge is 0.337 e. The number of aliphatic carboxylic acids is 1. The van der Waals surface area contributed by atoms with Crippen molar-refractivity contribution in [3.05, 3.63) is 59.9 Å². The third-order valence-electron chi connectivity index (χ3n) is 2.76. The van der Waals surface area contributed by atoms with Gasteiger partial charge in [0.25, 0.3) is 0 Å². The number of methoxy groups -OCH3 is 1. The molecule has 0 aliphatic heterocycles. The first-order chi connectivity index (χ1) is 9.70. The number of carbonyl (C=O) groups is 1. The van der Waals surface area contributed by atoms with Crippen LogP contribution in [0.25, 0.3) is 0 Å². The quantitative estimate of drug-likeness (QED) is 0.875. The summed E-state index contributed by atoms with van der Waals surface area (Å²) in [5.74, 6) is -0.366. The minimum atomic E-state index is -1.02. The minimum Gasteiger partial charge on any atom is -0.487 e. The summed E-state index contributed by atoms with van der Waals surface area (Å²) in [7, 11) is 1.37. The summed E-state index contributed by atoms with van der Waals surface area (Å²) in [5, 5.41) is 8.98. The molecule has 5 nitrogen and oxygen atoms in total. The van der Waals surface area contributed by atoms with Gasteiger partial charge in [-0.05, 0) is 29.8 Å². The van der Waals surface area contributed by atoms with Gasteiger partial charge >= 0.3 is 5.97 Å². The second-order valence-electron chi connectivity index (χ2n) is 4.13. The van der Waals surface area contributed by atoms with E-state index in [0.717, 1.165) is 5.69 Å². The van der Waals surface area contributed by atoms with Crippen LogP contribution in [-0.2, 0) is 16.1 Å². The third-order valence-corrected chi connectivity index (χ3v) is 2.76. The summed E-state index contributed by atoms with van der Waals surface area (Å²) in [4.78, 5) is 15.1. The predicted molar refractivity (Wildman–Crippen MR) is 72.4 cm³/mol. The fraction of sp³-hybridized carbons (Fsp3) is 0.200. The van der Waals surface area contributed by atoms with Crippen molar-refractivity contribution in [2.45, 2.75) is 12.7 Å².